The molecule has 0 heterocycles. The molecule has 0 unspecified atom stereocenters. The molecule has 0 aromatic heterocycles. The van der Waals surface area contributed by atoms with Crippen molar-refractivity contribution in [2.24, 2.45) is 5.41 Å². The van der Waals surface area contributed by atoms with Crippen LogP contribution in [0, 0.1) is 5.41 Å². The van der Waals surface area contributed by atoms with E-state index in [2.05, 4.69) is 42.5 Å². The Morgan fingerprint density at radius 1 is 1.56 bits per heavy atom. The number of hydrogen-bond donors (Lipinski definition) is 0. The van der Waals surface area contributed by atoms with E-state index < -0.39 is 0 Å². The van der Waals surface area contributed by atoms with Crippen LogP contribution >= 0.6 is 22.6 Å². The van der Waals surface area contributed by atoms with Crippen LogP contribution in [-0.4, -0.2) is 0 Å². The smallest absolute Gasteiger partial charge is 0.0129 e. The Labute approximate surface area is 70.9 Å². The molecule has 1 aliphatic carbocycles. The van der Waals surface area contributed by atoms with Crippen LogP contribution < -0.4 is 0 Å². The van der Waals surface area contributed by atoms with E-state index >= 15 is 0 Å². The van der Waals surface area contributed by atoms with Crippen LogP contribution in [0.25, 0.3) is 0 Å². The van der Waals surface area contributed by atoms with Gasteiger partial charge in [-0.25, -0.2) is 0 Å². The number of hydrogen-bond acceptors (Lipinski definition) is 0. The lowest BCUT2D eigenvalue weighted by atomic mass is 9.81. The van der Waals surface area contributed by atoms with E-state index in [-0.39, 0.29) is 0 Å². The van der Waals surface area contributed by atoms with Gasteiger partial charge in [0.15, 0.2) is 0 Å². The average molecular weight is 236 g/mol. The van der Waals surface area contributed by atoms with Crippen molar-refractivity contribution in [3.63, 3.8) is 0 Å². The van der Waals surface area contributed by atoms with E-state index in [1.165, 1.54) is 19.3 Å². The Hall–Kier alpha value is 0.470. The van der Waals surface area contributed by atoms with Crippen LogP contribution in [0.2, 0.25) is 0 Å². The molecular formula is C8H13I. The molecule has 0 atom stereocenters. The van der Waals surface area contributed by atoms with Crippen molar-refractivity contribution in [2.75, 3.05) is 0 Å². The first-order valence-corrected chi connectivity index (χ1v) is 4.53. The first-order valence-electron chi connectivity index (χ1n) is 3.45. The normalized spacial score (nSPS) is 25.4. The summed E-state index contributed by atoms with van der Waals surface area (Å²) in [6, 6.07) is 0. The highest BCUT2D eigenvalue weighted by Crippen LogP contribution is 2.37. The second kappa shape index (κ2) is 2.60. The Bertz CT molecular complexity index is 134. The molecule has 0 nitrogen and oxygen atoms in total. The van der Waals surface area contributed by atoms with Gasteiger partial charge in [-0.1, -0.05) is 19.9 Å². The first kappa shape index (κ1) is 7.58. The van der Waals surface area contributed by atoms with Gasteiger partial charge in [0.25, 0.3) is 0 Å². The third kappa shape index (κ3) is 2.28. The molecule has 1 aliphatic rings. The van der Waals surface area contributed by atoms with Gasteiger partial charge in [-0.2, -0.15) is 0 Å². The maximum absolute atomic E-state index is 2.44. The molecule has 0 bridgehead atoms. The molecule has 0 saturated carbocycles. The van der Waals surface area contributed by atoms with Crippen molar-refractivity contribution in [1.82, 2.24) is 0 Å². The summed E-state index contributed by atoms with van der Waals surface area (Å²) in [5.74, 6) is 0. The van der Waals surface area contributed by atoms with Gasteiger partial charge in [0.1, 0.15) is 0 Å². The lowest BCUT2D eigenvalue weighted by molar-refractivity contribution is 0.329. The molecule has 0 spiro atoms. The van der Waals surface area contributed by atoms with Crippen molar-refractivity contribution in [3.8, 4) is 0 Å². The number of allylic oxidation sites excluding steroid dienone is 2. The Morgan fingerprint density at radius 2 is 2.22 bits per heavy atom. The molecule has 0 radical (unpaired) electrons. The van der Waals surface area contributed by atoms with E-state index in [9.17, 15) is 0 Å². The van der Waals surface area contributed by atoms with Gasteiger partial charge in [-0.15, -0.1) is 0 Å². The summed E-state index contributed by atoms with van der Waals surface area (Å²) >= 11 is 2.44. The van der Waals surface area contributed by atoms with Crippen LogP contribution in [-0.2, 0) is 0 Å². The highest BCUT2D eigenvalue weighted by molar-refractivity contribution is 14.1. The maximum Gasteiger partial charge on any atom is -0.0129 e. The minimum absolute atomic E-state index is 0.575. The summed E-state index contributed by atoms with van der Waals surface area (Å²) in [5, 5.41) is 0. The van der Waals surface area contributed by atoms with Crippen molar-refractivity contribution in [3.05, 3.63) is 9.66 Å². The molecule has 52 valence electrons. The summed E-state index contributed by atoms with van der Waals surface area (Å²) < 4.78 is 1.55. The van der Waals surface area contributed by atoms with Crippen LogP contribution in [0.5, 0.6) is 0 Å². The Morgan fingerprint density at radius 3 is 2.56 bits per heavy atom. The molecule has 9 heavy (non-hydrogen) atoms. The number of halogens is 1. The van der Waals surface area contributed by atoms with E-state index in [0.717, 1.165) is 0 Å². The van der Waals surface area contributed by atoms with Gasteiger partial charge >= 0.3 is 0 Å². The van der Waals surface area contributed by atoms with Crippen molar-refractivity contribution < 1.29 is 0 Å². The predicted octanol–water partition coefficient (Wildman–Crippen LogP) is 3.52. The van der Waals surface area contributed by atoms with Gasteiger partial charge < -0.3 is 0 Å². The van der Waals surface area contributed by atoms with E-state index in [0.29, 0.717) is 5.41 Å². The van der Waals surface area contributed by atoms with Crippen LogP contribution in [0.4, 0.5) is 0 Å². The molecule has 0 aromatic carbocycles. The molecule has 1 rings (SSSR count). The van der Waals surface area contributed by atoms with E-state index in [4.69, 9.17) is 0 Å². The van der Waals surface area contributed by atoms with Gasteiger partial charge in [-0.3, -0.25) is 0 Å². The third-order valence-corrected chi connectivity index (χ3v) is 2.66. The van der Waals surface area contributed by atoms with Gasteiger partial charge in [0.2, 0.25) is 0 Å². The highest BCUT2D eigenvalue weighted by atomic mass is 127. The zero-order chi connectivity index (χ0) is 6.91. The zero-order valence-corrected chi connectivity index (χ0v) is 8.23. The summed E-state index contributed by atoms with van der Waals surface area (Å²) in [4.78, 5) is 0. The summed E-state index contributed by atoms with van der Waals surface area (Å²) in [5.41, 5.74) is 0.575. The molecular weight excluding hydrogens is 223 g/mol. The molecule has 1 heteroatoms. The molecule has 0 amide bonds. The Kier molecular flexibility index (Phi) is 2.19. The van der Waals surface area contributed by atoms with Crippen molar-refractivity contribution in [1.29, 1.82) is 0 Å². The predicted molar refractivity (Wildman–Crippen MR) is 49.7 cm³/mol. The quantitative estimate of drug-likeness (QED) is 0.564. The molecule has 0 saturated heterocycles. The molecule has 0 aliphatic heterocycles. The highest BCUT2D eigenvalue weighted by Gasteiger charge is 2.20. The first-order chi connectivity index (χ1) is 4.10. The van der Waals surface area contributed by atoms with Gasteiger partial charge in [-0.05, 0) is 50.8 Å². The fourth-order valence-corrected chi connectivity index (χ4v) is 2.58. The van der Waals surface area contributed by atoms with Crippen LogP contribution in [0.1, 0.15) is 33.1 Å². The third-order valence-electron chi connectivity index (χ3n) is 1.83. The van der Waals surface area contributed by atoms with Gasteiger partial charge in [0.05, 0.1) is 0 Å². The molecule has 0 fully saturated rings. The SMILES string of the molecule is CC1(C)CCC=C(I)C1. The second-order valence-corrected chi connectivity index (χ2v) is 4.92. The Balaban J connectivity index is 2.59. The van der Waals surface area contributed by atoms with E-state index in [1.807, 2.05) is 0 Å². The van der Waals surface area contributed by atoms with Crippen molar-refractivity contribution >= 4 is 22.6 Å². The fraction of sp³-hybridized carbons (Fsp3) is 0.750. The molecule has 0 N–H and O–H groups in total. The minimum Gasteiger partial charge on any atom is -0.0752 e. The fourth-order valence-electron chi connectivity index (χ4n) is 1.24. The van der Waals surface area contributed by atoms with Crippen LogP contribution in [0.15, 0.2) is 9.66 Å². The summed E-state index contributed by atoms with van der Waals surface area (Å²) in [7, 11) is 0. The van der Waals surface area contributed by atoms with Crippen molar-refractivity contribution in [2.45, 2.75) is 33.1 Å². The lowest BCUT2D eigenvalue weighted by Gasteiger charge is -2.27. The lowest BCUT2D eigenvalue weighted by Crippen LogP contribution is -2.13. The topological polar surface area (TPSA) is 0 Å². The monoisotopic (exact) mass is 236 g/mol. The summed E-state index contributed by atoms with van der Waals surface area (Å²) in [6.45, 7) is 4.69. The zero-order valence-electron chi connectivity index (χ0n) is 6.08. The van der Waals surface area contributed by atoms with E-state index in [1.54, 1.807) is 3.58 Å². The average Bonchev–Trinajstić information content (AvgIpc) is 1.60. The second-order valence-electron chi connectivity index (χ2n) is 3.53. The maximum atomic E-state index is 2.44. The van der Waals surface area contributed by atoms with Crippen LogP contribution in [0.3, 0.4) is 0 Å². The largest absolute Gasteiger partial charge is 0.0752 e. The minimum atomic E-state index is 0.575. The molecule has 0 aromatic rings. The summed E-state index contributed by atoms with van der Waals surface area (Å²) in [6.07, 6.45) is 6.28. The standard InChI is InChI=1S/C8H13I/c1-8(2)5-3-4-7(9)6-8/h4H,3,5-6H2,1-2H3. The number of rotatable bonds is 0. The van der Waals surface area contributed by atoms with Gasteiger partial charge in [0, 0.05) is 0 Å².